The summed E-state index contributed by atoms with van der Waals surface area (Å²) in [7, 11) is -0.950. The molecule has 5 nitrogen and oxygen atoms in total. The number of nitrogens with zero attached hydrogens (tertiary/aromatic N) is 2. The number of piperidine rings is 2. The third kappa shape index (κ3) is 6.38. The van der Waals surface area contributed by atoms with Gasteiger partial charge in [-0.15, -0.1) is 6.42 Å². The predicted molar refractivity (Wildman–Crippen MR) is 150 cm³/mol. The van der Waals surface area contributed by atoms with Gasteiger partial charge in [-0.25, -0.2) is 0 Å². The molecular formula is C30H41N3O2S. The Morgan fingerprint density at radius 2 is 1.69 bits per heavy atom. The molecule has 2 aliphatic rings. The van der Waals surface area contributed by atoms with Crippen molar-refractivity contribution in [3.05, 3.63) is 58.3 Å². The van der Waals surface area contributed by atoms with Crippen LogP contribution in [0.5, 0.6) is 0 Å². The Hall–Kier alpha value is -2.62. The molecule has 2 heterocycles. The molecule has 2 aliphatic heterocycles. The number of benzene rings is 1. The Morgan fingerprint density at radius 3 is 2.19 bits per heavy atom. The molecule has 1 amide bonds. The van der Waals surface area contributed by atoms with E-state index in [4.69, 9.17) is 12.2 Å². The van der Waals surface area contributed by atoms with E-state index in [9.17, 15) is 9.00 Å². The van der Waals surface area contributed by atoms with E-state index in [1.54, 1.807) is 13.0 Å². The minimum atomic E-state index is -0.950. The van der Waals surface area contributed by atoms with Crippen molar-refractivity contribution in [3.63, 3.8) is 0 Å². The van der Waals surface area contributed by atoms with Gasteiger partial charge in [-0.1, -0.05) is 43.5 Å². The van der Waals surface area contributed by atoms with Gasteiger partial charge in [0, 0.05) is 47.9 Å². The van der Waals surface area contributed by atoms with Crippen LogP contribution in [-0.4, -0.2) is 57.4 Å². The Labute approximate surface area is 220 Å². The molecule has 1 unspecified atom stereocenters. The first-order chi connectivity index (χ1) is 17.2. The van der Waals surface area contributed by atoms with Crippen LogP contribution < -0.4 is 5.73 Å². The number of carbonyl (C=O) groups is 1. The van der Waals surface area contributed by atoms with Gasteiger partial charge in [-0.05, 0) is 69.7 Å². The van der Waals surface area contributed by atoms with E-state index in [1.165, 1.54) is 16.7 Å². The molecular weight excluding hydrogens is 466 g/mol. The highest BCUT2D eigenvalue weighted by Crippen LogP contribution is 2.30. The van der Waals surface area contributed by atoms with Crippen LogP contribution in [0.15, 0.2) is 57.7 Å². The molecule has 0 aromatic heterocycles. The lowest BCUT2D eigenvalue weighted by atomic mass is 9.92. The number of hydrogen-bond donors (Lipinski definition) is 1. The SMILES string of the molecule is C#C/C(C)=C(N)\C(=C/C)C(=O)N1CCC(N2CCC(=C(C)c3ccc(S(=O)C(C)C)cc3)CC2)CC1. The third-order valence-corrected chi connectivity index (χ3v) is 9.17. The Bertz CT molecular complexity index is 1100. The van der Waals surface area contributed by atoms with E-state index >= 15 is 0 Å². The third-order valence-electron chi connectivity index (χ3n) is 7.58. The summed E-state index contributed by atoms with van der Waals surface area (Å²) in [4.78, 5) is 18.5. The zero-order chi connectivity index (χ0) is 26.4. The van der Waals surface area contributed by atoms with E-state index in [1.807, 2.05) is 37.8 Å². The van der Waals surface area contributed by atoms with Gasteiger partial charge >= 0.3 is 0 Å². The van der Waals surface area contributed by atoms with Gasteiger partial charge in [0.25, 0.3) is 5.91 Å². The van der Waals surface area contributed by atoms with Crippen molar-refractivity contribution >= 4 is 22.3 Å². The standard InChI is InChI=1S/C30H41N3O2S/c1-7-22(5)29(31)28(8-2)30(34)33-19-15-26(16-20-33)32-17-13-25(14-18-32)23(6)24-9-11-27(12-10-24)36(35)21(3)4/h1,8-12,21,26H,13-20,31H2,2-6H3/b28-8+,29-22+. The summed E-state index contributed by atoms with van der Waals surface area (Å²) >= 11 is 0. The smallest absolute Gasteiger partial charge is 0.255 e. The van der Waals surface area contributed by atoms with Crippen LogP contribution in [0.25, 0.3) is 5.57 Å². The molecule has 1 atom stereocenters. The highest BCUT2D eigenvalue weighted by atomic mass is 32.2. The first-order valence-corrected chi connectivity index (χ1v) is 14.2. The van der Waals surface area contributed by atoms with Crippen LogP contribution in [0.2, 0.25) is 0 Å². The second-order valence-corrected chi connectivity index (χ2v) is 12.1. The number of hydrogen-bond acceptors (Lipinski definition) is 4. The van der Waals surface area contributed by atoms with Crippen molar-refractivity contribution in [1.29, 1.82) is 0 Å². The van der Waals surface area contributed by atoms with E-state index in [0.717, 1.165) is 56.8 Å². The van der Waals surface area contributed by atoms with Crippen LogP contribution in [0.3, 0.4) is 0 Å². The molecule has 2 N–H and O–H groups in total. The number of amides is 1. The maximum atomic E-state index is 13.1. The van der Waals surface area contributed by atoms with Crippen molar-refractivity contribution in [3.8, 4) is 12.3 Å². The summed E-state index contributed by atoms with van der Waals surface area (Å²) in [5.41, 5.74) is 11.7. The zero-order valence-corrected chi connectivity index (χ0v) is 23.3. The van der Waals surface area contributed by atoms with E-state index < -0.39 is 10.8 Å². The van der Waals surface area contributed by atoms with Crippen molar-refractivity contribution in [2.24, 2.45) is 5.73 Å². The van der Waals surface area contributed by atoms with E-state index in [-0.39, 0.29) is 11.2 Å². The molecule has 6 heteroatoms. The number of rotatable bonds is 6. The molecule has 0 aliphatic carbocycles. The maximum absolute atomic E-state index is 13.1. The molecule has 3 rings (SSSR count). The average molecular weight is 508 g/mol. The summed E-state index contributed by atoms with van der Waals surface area (Å²) in [6.07, 6.45) is 11.3. The molecule has 2 saturated heterocycles. The van der Waals surface area contributed by atoms with Gasteiger partial charge in [-0.2, -0.15) is 0 Å². The lowest BCUT2D eigenvalue weighted by Gasteiger charge is -2.41. The highest BCUT2D eigenvalue weighted by Gasteiger charge is 2.30. The average Bonchev–Trinajstić information content (AvgIpc) is 2.92. The summed E-state index contributed by atoms with van der Waals surface area (Å²) in [6, 6.07) is 8.76. The summed E-state index contributed by atoms with van der Waals surface area (Å²) in [6.45, 7) is 13.4. The zero-order valence-electron chi connectivity index (χ0n) is 22.5. The van der Waals surface area contributed by atoms with Gasteiger partial charge in [0.15, 0.2) is 0 Å². The van der Waals surface area contributed by atoms with Crippen molar-refractivity contribution < 1.29 is 9.00 Å². The van der Waals surface area contributed by atoms with Crippen LogP contribution in [-0.2, 0) is 15.6 Å². The van der Waals surface area contributed by atoms with Crippen LogP contribution in [0, 0.1) is 12.3 Å². The van der Waals surface area contributed by atoms with Gasteiger partial charge in [0.1, 0.15) is 0 Å². The van der Waals surface area contributed by atoms with Crippen LogP contribution in [0.4, 0.5) is 0 Å². The van der Waals surface area contributed by atoms with Crippen molar-refractivity contribution in [2.75, 3.05) is 26.2 Å². The van der Waals surface area contributed by atoms with Crippen molar-refractivity contribution in [2.45, 2.75) is 76.5 Å². The fourth-order valence-corrected chi connectivity index (χ4v) is 6.08. The van der Waals surface area contributed by atoms with Crippen molar-refractivity contribution in [1.82, 2.24) is 9.80 Å². The number of likely N-dealkylation sites (tertiary alicyclic amines) is 2. The fourth-order valence-electron chi connectivity index (χ4n) is 5.13. The number of terminal acetylenes is 1. The lowest BCUT2D eigenvalue weighted by molar-refractivity contribution is -0.128. The van der Waals surface area contributed by atoms with Crippen LogP contribution in [0.1, 0.15) is 65.9 Å². The van der Waals surface area contributed by atoms with Gasteiger partial charge in [0.2, 0.25) is 0 Å². The molecule has 194 valence electrons. The topological polar surface area (TPSA) is 66.6 Å². The molecule has 0 radical (unpaired) electrons. The van der Waals surface area contributed by atoms with Gasteiger partial charge in [0.05, 0.1) is 22.1 Å². The molecule has 36 heavy (non-hydrogen) atoms. The first-order valence-electron chi connectivity index (χ1n) is 13.0. The molecule has 0 bridgehead atoms. The second-order valence-electron chi connectivity index (χ2n) is 10.0. The largest absolute Gasteiger partial charge is 0.397 e. The Kier molecular flexibility index (Phi) is 9.76. The maximum Gasteiger partial charge on any atom is 0.255 e. The minimum Gasteiger partial charge on any atom is -0.397 e. The molecule has 1 aromatic rings. The summed E-state index contributed by atoms with van der Waals surface area (Å²) in [5.74, 6) is 2.52. The van der Waals surface area contributed by atoms with Crippen LogP contribution >= 0.6 is 0 Å². The quantitative estimate of drug-likeness (QED) is 0.339. The summed E-state index contributed by atoms with van der Waals surface area (Å²) < 4.78 is 12.3. The monoisotopic (exact) mass is 507 g/mol. The number of nitrogens with two attached hydrogens (primary N) is 1. The molecule has 0 saturated carbocycles. The van der Waals surface area contributed by atoms with Gasteiger partial charge in [-0.3, -0.25) is 13.9 Å². The fraction of sp³-hybridized carbons (Fsp3) is 0.500. The first kappa shape index (κ1) is 28.0. The Morgan fingerprint density at radius 1 is 1.11 bits per heavy atom. The predicted octanol–water partition coefficient (Wildman–Crippen LogP) is 4.88. The molecule has 1 aromatic carbocycles. The highest BCUT2D eigenvalue weighted by molar-refractivity contribution is 7.85. The molecule has 2 fully saturated rings. The Balaban J connectivity index is 1.56. The summed E-state index contributed by atoms with van der Waals surface area (Å²) in [5, 5.41) is 0.127. The second kappa shape index (κ2) is 12.6. The lowest BCUT2D eigenvalue weighted by Crippen LogP contribution is -2.48. The van der Waals surface area contributed by atoms with Gasteiger partial charge < -0.3 is 10.6 Å². The number of allylic oxidation sites excluding steroid dienone is 3. The van der Waals surface area contributed by atoms with E-state index in [0.29, 0.717) is 22.9 Å². The molecule has 0 spiro atoms. The number of carbonyl (C=O) groups excluding carboxylic acids is 1. The van der Waals surface area contributed by atoms with E-state index in [2.05, 4.69) is 29.9 Å². The minimum absolute atomic E-state index is 0.0224. The normalized spacial score (nSPS) is 19.6.